The third-order valence-corrected chi connectivity index (χ3v) is 8.57. The van der Waals surface area contributed by atoms with Crippen molar-refractivity contribution in [2.75, 3.05) is 6.54 Å². The molecule has 1 aromatic rings. The fraction of sp³-hybridized carbons (Fsp3) is 0.579. The van der Waals surface area contributed by atoms with Crippen molar-refractivity contribution >= 4 is 35.6 Å². The van der Waals surface area contributed by atoms with E-state index in [0.717, 1.165) is 6.07 Å². The molecule has 3 rings (SSSR count). The number of phenols is 1. The Balaban J connectivity index is 2.04. The number of rotatable bonds is 11. The van der Waals surface area contributed by atoms with Gasteiger partial charge < -0.3 is 67.0 Å². The van der Waals surface area contributed by atoms with Crippen molar-refractivity contribution in [3.8, 4) is 17.2 Å². The summed E-state index contributed by atoms with van der Waals surface area (Å²) in [4.78, 5) is 77.1. The molecule has 19 nitrogen and oxygen atoms in total. The zero-order valence-electron chi connectivity index (χ0n) is 33.0. The Bertz CT molecular complexity index is 1690. The minimum absolute atomic E-state index is 0.0372. The van der Waals surface area contributed by atoms with Gasteiger partial charge in [0.25, 0.3) is 0 Å². The van der Waals surface area contributed by atoms with Crippen molar-refractivity contribution in [1.29, 1.82) is 0 Å². The van der Waals surface area contributed by atoms with E-state index >= 15 is 0 Å². The highest BCUT2D eigenvalue weighted by atomic mass is 16.7. The van der Waals surface area contributed by atoms with Gasteiger partial charge in [-0.1, -0.05) is 19.9 Å². The van der Waals surface area contributed by atoms with Gasteiger partial charge in [-0.2, -0.15) is 0 Å². The minimum Gasteiger partial charge on any atom is -0.504 e. The molecule has 2 aliphatic heterocycles. The summed E-state index contributed by atoms with van der Waals surface area (Å²) in [6.07, 6.45) is -1.07. The number of phenolic OH excluding ortho intramolecular Hbond substituents is 1. The predicted molar refractivity (Wildman–Crippen MR) is 203 cm³/mol. The number of hydrogen-bond donors (Lipinski definition) is 9. The quantitative estimate of drug-likeness (QED) is 0.149. The molecule has 0 aliphatic carbocycles. The summed E-state index contributed by atoms with van der Waals surface area (Å²) in [6.45, 7) is 10.5. The van der Waals surface area contributed by atoms with Crippen molar-refractivity contribution in [3.05, 3.63) is 41.7 Å². The molecule has 0 radical (unpaired) electrons. The van der Waals surface area contributed by atoms with E-state index in [1.807, 2.05) is 13.8 Å². The maximum Gasteiger partial charge on any atom is 0.407 e. The molecule has 7 atom stereocenters. The van der Waals surface area contributed by atoms with Gasteiger partial charge in [-0.25, -0.2) is 4.79 Å². The number of aliphatic hydroxyl groups is 2. The molecular weight excluding hydrogens is 748 g/mol. The van der Waals surface area contributed by atoms with Gasteiger partial charge in [-0.05, 0) is 76.3 Å². The molecule has 57 heavy (non-hydrogen) atoms. The number of ether oxygens (including phenoxy) is 4. The van der Waals surface area contributed by atoms with E-state index in [4.69, 9.17) is 30.4 Å². The number of nitrogens with two attached hydrogens (primary N) is 2. The van der Waals surface area contributed by atoms with Gasteiger partial charge in [0.2, 0.25) is 41.6 Å². The van der Waals surface area contributed by atoms with Crippen LogP contribution in [0.15, 0.2) is 36.1 Å². The van der Waals surface area contributed by atoms with E-state index in [2.05, 4.69) is 21.3 Å². The summed E-state index contributed by atoms with van der Waals surface area (Å²) >= 11 is 0. The first-order valence-corrected chi connectivity index (χ1v) is 18.7. The molecule has 2 aliphatic rings. The number of primary amides is 2. The number of carbonyl (C=O) groups is 6. The summed E-state index contributed by atoms with van der Waals surface area (Å²) in [6, 6.07) is -2.68. The first-order chi connectivity index (χ1) is 26.6. The fourth-order valence-corrected chi connectivity index (χ4v) is 5.78. The number of allylic oxidation sites excluding steroid dienone is 2. The maximum absolute atomic E-state index is 13.6. The molecule has 0 spiro atoms. The first kappa shape index (κ1) is 46.0. The Morgan fingerprint density at radius 3 is 2.39 bits per heavy atom. The Kier molecular flexibility index (Phi) is 16.7. The summed E-state index contributed by atoms with van der Waals surface area (Å²) in [5.41, 5.74) is 10.2. The standard InChI is InChI=1S/C38H56N6O13/c1-7-22-9-8-10-25(46)32(43-29(49)12-11-19(2)3)36(52)42-24(17-28(39)48)35(51)44-31(34(40)50)20-13-26(47)33(27(14-20)54-22)56-30-16-21(45)15-23(55-30)18-41-37(53)57-38(4,5)6/h7-9,13-14,19,21,23-25,30-32,45-47H,10-12,15-18H2,1-6H3,(H2,39,48)(H2,40,50)(H,41,53)(H,42,52)(H,43,49)(H,44,51). The zero-order chi connectivity index (χ0) is 42.6. The van der Waals surface area contributed by atoms with Crippen LogP contribution in [0.2, 0.25) is 0 Å². The molecule has 0 aromatic heterocycles. The van der Waals surface area contributed by atoms with Crippen LogP contribution in [-0.4, -0.2) is 99.8 Å². The number of carbonyl (C=O) groups excluding carboxylic acids is 6. The second kappa shape index (κ2) is 20.7. The summed E-state index contributed by atoms with van der Waals surface area (Å²) in [7, 11) is 0. The molecule has 316 valence electrons. The number of fused-ring (bicyclic) bond motifs is 2. The molecule has 1 saturated heterocycles. The SMILES string of the molecule is CC=C1C=CCC(O)C(NC(=O)CCC(C)C)C(=O)NC(CC(N)=O)C(=O)NC(C(N)=O)c2cc(O)c(OC3CC(O)CC(CNC(=O)OC(C)(C)C)O3)c(c2)O1. The molecule has 1 aromatic carbocycles. The van der Waals surface area contributed by atoms with Crippen LogP contribution in [0.3, 0.4) is 0 Å². The van der Waals surface area contributed by atoms with Crippen LogP contribution < -0.4 is 42.2 Å². The number of amides is 6. The number of nitrogens with one attached hydrogen (secondary N) is 4. The number of benzene rings is 1. The Morgan fingerprint density at radius 2 is 1.77 bits per heavy atom. The lowest BCUT2D eigenvalue weighted by molar-refractivity contribution is -0.174. The second-order valence-corrected chi connectivity index (χ2v) is 15.2. The first-order valence-electron chi connectivity index (χ1n) is 18.7. The maximum atomic E-state index is 13.6. The van der Waals surface area contributed by atoms with Gasteiger partial charge in [0.05, 0.1) is 24.7 Å². The largest absolute Gasteiger partial charge is 0.504 e. The van der Waals surface area contributed by atoms with Gasteiger partial charge in [-0.3, -0.25) is 24.0 Å². The van der Waals surface area contributed by atoms with Crippen LogP contribution in [-0.2, 0) is 33.4 Å². The van der Waals surface area contributed by atoms with E-state index in [0.29, 0.717) is 6.42 Å². The molecule has 6 amide bonds. The Labute approximate surface area is 330 Å². The zero-order valence-corrected chi connectivity index (χ0v) is 33.0. The van der Waals surface area contributed by atoms with Gasteiger partial charge in [-0.15, -0.1) is 0 Å². The van der Waals surface area contributed by atoms with E-state index in [1.54, 1.807) is 27.7 Å². The summed E-state index contributed by atoms with van der Waals surface area (Å²) in [5, 5.41) is 42.9. The lowest BCUT2D eigenvalue weighted by atomic mass is 10.0. The van der Waals surface area contributed by atoms with E-state index < -0.39 is 96.1 Å². The average Bonchev–Trinajstić information content (AvgIpc) is 3.09. The van der Waals surface area contributed by atoms with Gasteiger partial charge in [0.1, 0.15) is 29.5 Å². The van der Waals surface area contributed by atoms with E-state index in [1.165, 1.54) is 24.3 Å². The third-order valence-electron chi connectivity index (χ3n) is 8.57. The number of aromatic hydroxyl groups is 1. The molecule has 1 fully saturated rings. The number of aliphatic hydroxyl groups excluding tert-OH is 2. The normalized spacial score (nSPS) is 25.4. The van der Waals surface area contributed by atoms with Crippen molar-refractivity contribution < 1.29 is 63.0 Å². The van der Waals surface area contributed by atoms with Crippen LogP contribution in [0.25, 0.3) is 0 Å². The Hall–Kier alpha value is -5.40. The monoisotopic (exact) mass is 804 g/mol. The molecule has 0 saturated carbocycles. The van der Waals surface area contributed by atoms with Crippen molar-refractivity contribution in [2.24, 2.45) is 17.4 Å². The lowest BCUT2D eigenvalue weighted by Crippen LogP contribution is -2.58. The molecular formula is C38H56N6O13. The van der Waals surface area contributed by atoms with Crippen molar-refractivity contribution in [3.63, 3.8) is 0 Å². The highest BCUT2D eigenvalue weighted by molar-refractivity contribution is 5.96. The van der Waals surface area contributed by atoms with Crippen LogP contribution in [0.1, 0.15) is 91.7 Å². The second-order valence-electron chi connectivity index (χ2n) is 15.2. The molecule has 19 heteroatoms. The van der Waals surface area contributed by atoms with Gasteiger partial charge in [0, 0.05) is 25.8 Å². The molecule has 2 bridgehead atoms. The average molecular weight is 805 g/mol. The van der Waals surface area contributed by atoms with E-state index in [-0.39, 0.29) is 61.0 Å². The Morgan fingerprint density at radius 1 is 1.07 bits per heavy atom. The van der Waals surface area contributed by atoms with Crippen LogP contribution in [0.5, 0.6) is 17.2 Å². The van der Waals surface area contributed by atoms with Crippen LogP contribution in [0, 0.1) is 5.92 Å². The predicted octanol–water partition coefficient (Wildman–Crippen LogP) is 0.689. The molecule has 7 unspecified atom stereocenters. The lowest BCUT2D eigenvalue weighted by Gasteiger charge is -2.34. The highest BCUT2D eigenvalue weighted by Gasteiger charge is 2.36. The fourth-order valence-electron chi connectivity index (χ4n) is 5.78. The highest BCUT2D eigenvalue weighted by Crippen LogP contribution is 2.42. The minimum atomic E-state index is -1.70. The van der Waals surface area contributed by atoms with Gasteiger partial charge >= 0.3 is 6.09 Å². The summed E-state index contributed by atoms with van der Waals surface area (Å²) in [5.74, 6) is -5.62. The smallest absolute Gasteiger partial charge is 0.407 e. The van der Waals surface area contributed by atoms with Crippen LogP contribution >= 0.6 is 0 Å². The topological polar surface area (TPSA) is 300 Å². The van der Waals surface area contributed by atoms with Crippen LogP contribution in [0.4, 0.5) is 4.79 Å². The van der Waals surface area contributed by atoms with Crippen molar-refractivity contribution in [2.45, 2.75) is 128 Å². The van der Waals surface area contributed by atoms with E-state index in [9.17, 15) is 44.1 Å². The van der Waals surface area contributed by atoms with Gasteiger partial charge in [0.15, 0.2) is 11.5 Å². The molecule has 11 N–H and O–H groups in total. The van der Waals surface area contributed by atoms with Crippen molar-refractivity contribution in [1.82, 2.24) is 21.3 Å². The summed E-state index contributed by atoms with van der Waals surface area (Å²) < 4.78 is 23.4. The number of hydrogen-bond acceptors (Lipinski definition) is 13. The molecule has 2 heterocycles. The third kappa shape index (κ3) is 14.9. The number of alkyl carbamates (subject to hydrolysis) is 1.